The quantitative estimate of drug-likeness (QED) is 0.945. The molecule has 0 bridgehead atoms. The van der Waals surface area contributed by atoms with E-state index in [1.165, 1.54) is 29.7 Å². The molecule has 7 heteroatoms. The Balaban J connectivity index is 2.35. The van der Waals surface area contributed by atoms with Gasteiger partial charge in [0.05, 0.1) is 4.90 Å². The summed E-state index contributed by atoms with van der Waals surface area (Å²) in [7, 11) is -3.58. The van der Waals surface area contributed by atoms with Crippen LogP contribution in [-0.4, -0.2) is 13.4 Å². The average Bonchev–Trinajstić information content (AvgIpc) is 2.73. The Morgan fingerprint density at radius 1 is 1.41 bits per heavy atom. The first-order valence-corrected chi connectivity index (χ1v) is 7.41. The van der Waals surface area contributed by atoms with Crippen LogP contribution in [0.25, 0.3) is 0 Å². The van der Waals surface area contributed by atoms with E-state index in [4.69, 9.17) is 11.6 Å². The van der Waals surface area contributed by atoms with Crippen molar-refractivity contribution in [3.05, 3.63) is 40.4 Å². The van der Waals surface area contributed by atoms with E-state index in [-0.39, 0.29) is 4.90 Å². The van der Waals surface area contributed by atoms with Gasteiger partial charge in [-0.05, 0) is 30.7 Å². The molecule has 1 N–H and O–H groups in total. The Bertz CT molecular complexity index is 624. The molecule has 0 atom stereocenters. The lowest BCUT2D eigenvalue weighted by atomic mass is 10.2. The van der Waals surface area contributed by atoms with Gasteiger partial charge < -0.3 is 0 Å². The van der Waals surface area contributed by atoms with Crippen molar-refractivity contribution < 1.29 is 8.42 Å². The van der Waals surface area contributed by atoms with Crippen molar-refractivity contribution in [1.82, 2.24) is 4.98 Å². The molecule has 1 aromatic carbocycles. The number of hydrogen-bond donors (Lipinski definition) is 1. The molecule has 2 rings (SSSR count). The standard InChI is InChI=1S/C10H9ClN2O2S2/c1-7-6-8(2-3-9(7)11)17(14,15)13-10-12-4-5-16-10/h2-6H,1H3,(H,12,13). The number of sulfonamides is 1. The Morgan fingerprint density at radius 3 is 2.76 bits per heavy atom. The minimum Gasteiger partial charge on any atom is -0.255 e. The predicted octanol–water partition coefficient (Wildman–Crippen LogP) is 2.91. The lowest BCUT2D eigenvalue weighted by Crippen LogP contribution is -2.12. The van der Waals surface area contributed by atoms with Crippen LogP contribution in [0.2, 0.25) is 5.02 Å². The maximum atomic E-state index is 12.0. The van der Waals surface area contributed by atoms with Gasteiger partial charge in [0, 0.05) is 16.6 Å². The summed E-state index contributed by atoms with van der Waals surface area (Å²) in [5.74, 6) is 0. The topological polar surface area (TPSA) is 59.1 Å². The van der Waals surface area contributed by atoms with Crippen LogP contribution in [0.4, 0.5) is 5.13 Å². The largest absolute Gasteiger partial charge is 0.263 e. The summed E-state index contributed by atoms with van der Waals surface area (Å²) in [4.78, 5) is 4.04. The van der Waals surface area contributed by atoms with Gasteiger partial charge in [-0.3, -0.25) is 4.72 Å². The van der Waals surface area contributed by atoms with Gasteiger partial charge in [-0.1, -0.05) is 11.6 Å². The summed E-state index contributed by atoms with van der Waals surface area (Å²) in [6.07, 6.45) is 1.54. The zero-order valence-corrected chi connectivity index (χ0v) is 11.2. The van der Waals surface area contributed by atoms with Crippen molar-refractivity contribution in [3.63, 3.8) is 0 Å². The van der Waals surface area contributed by atoms with E-state index in [1.54, 1.807) is 18.4 Å². The molecule has 17 heavy (non-hydrogen) atoms. The van der Waals surface area contributed by atoms with E-state index in [2.05, 4.69) is 9.71 Å². The maximum Gasteiger partial charge on any atom is 0.263 e. The molecule has 0 amide bonds. The number of nitrogens with one attached hydrogen (secondary N) is 1. The number of anilines is 1. The molecule has 0 radical (unpaired) electrons. The molecule has 0 aliphatic carbocycles. The summed E-state index contributed by atoms with van der Waals surface area (Å²) < 4.78 is 26.3. The molecule has 0 spiro atoms. The SMILES string of the molecule is Cc1cc(S(=O)(=O)Nc2nccs2)ccc1Cl. The first-order chi connectivity index (χ1) is 7.99. The highest BCUT2D eigenvalue weighted by molar-refractivity contribution is 7.93. The minimum atomic E-state index is -3.58. The number of rotatable bonds is 3. The molecule has 0 unspecified atom stereocenters. The average molecular weight is 289 g/mol. The van der Waals surface area contributed by atoms with Gasteiger partial charge in [0.15, 0.2) is 5.13 Å². The molecule has 0 fully saturated rings. The molecule has 0 saturated carbocycles. The number of benzene rings is 1. The van der Waals surface area contributed by atoms with Gasteiger partial charge in [0.25, 0.3) is 10.0 Å². The Kier molecular flexibility index (Phi) is 3.37. The number of halogens is 1. The minimum absolute atomic E-state index is 0.176. The number of thiazole rings is 1. The van der Waals surface area contributed by atoms with Gasteiger partial charge in [-0.25, -0.2) is 13.4 Å². The summed E-state index contributed by atoms with van der Waals surface area (Å²) >= 11 is 7.07. The number of nitrogens with zero attached hydrogens (tertiary/aromatic N) is 1. The van der Waals surface area contributed by atoms with Gasteiger partial charge in [0.2, 0.25) is 0 Å². The summed E-state index contributed by atoms with van der Waals surface area (Å²) in [5.41, 5.74) is 0.716. The van der Waals surface area contributed by atoms with Crippen LogP contribution in [-0.2, 0) is 10.0 Å². The summed E-state index contributed by atoms with van der Waals surface area (Å²) in [6, 6.07) is 4.55. The lowest BCUT2D eigenvalue weighted by molar-refractivity contribution is 0.601. The fraction of sp³-hybridized carbons (Fsp3) is 0.100. The second kappa shape index (κ2) is 4.64. The van der Waals surface area contributed by atoms with E-state index < -0.39 is 10.0 Å². The zero-order chi connectivity index (χ0) is 12.5. The predicted molar refractivity (Wildman–Crippen MR) is 69.1 cm³/mol. The molecule has 0 aliphatic heterocycles. The molecule has 1 aromatic heterocycles. The van der Waals surface area contributed by atoms with Crippen LogP contribution in [0.1, 0.15) is 5.56 Å². The molecule has 0 aliphatic rings. The van der Waals surface area contributed by atoms with Crippen molar-refractivity contribution in [2.24, 2.45) is 0 Å². The van der Waals surface area contributed by atoms with Crippen LogP contribution >= 0.6 is 22.9 Å². The molecular formula is C10H9ClN2O2S2. The zero-order valence-electron chi connectivity index (χ0n) is 8.84. The Labute approximate surface area is 108 Å². The summed E-state index contributed by atoms with van der Waals surface area (Å²) in [5, 5.41) is 2.58. The molecule has 90 valence electrons. The van der Waals surface area contributed by atoms with E-state index in [0.717, 1.165) is 0 Å². The second-order valence-corrected chi connectivity index (χ2v) is 6.34. The van der Waals surface area contributed by atoms with Gasteiger partial charge in [-0.2, -0.15) is 0 Å². The molecule has 0 saturated heterocycles. The van der Waals surface area contributed by atoms with Crippen LogP contribution in [0.15, 0.2) is 34.7 Å². The van der Waals surface area contributed by atoms with E-state index in [0.29, 0.717) is 15.7 Å². The van der Waals surface area contributed by atoms with Crippen molar-refractivity contribution in [3.8, 4) is 0 Å². The first-order valence-electron chi connectivity index (χ1n) is 4.67. The Morgan fingerprint density at radius 2 is 2.18 bits per heavy atom. The highest BCUT2D eigenvalue weighted by Crippen LogP contribution is 2.22. The van der Waals surface area contributed by atoms with E-state index in [1.807, 2.05) is 0 Å². The van der Waals surface area contributed by atoms with Crippen LogP contribution in [0.5, 0.6) is 0 Å². The Hall–Kier alpha value is -1.11. The van der Waals surface area contributed by atoms with Crippen molar-refractivity contribution in [2.75, 3.05) is 4.72 Å². The first kappa shape index (κ1) is 12.3. The van der Waals surface area contributed by atoms with E-state index >= 15 is 0 Å². The molecule has 1 heterocycles. The van der Waals surface area contributed by atoms with Crippen molar-refractivity contribution in [2.45, 2.75) is 11.8 Å². The van der Waals surface area contributed by atoms with Crippen LogP contribution in [0.3, 0.4) is 0 Å². The normalized spacial score (nSPS) is 11.4. The number of aryl methyl sites for hydroxylation is 1. The van der Waals surface area contributed by atoms with Gasteiger partial charge >= 0.3 is 0 Å². The van der Waals surface area contributed by atoms with E-state index in [9.17, 15) is 8.42 Å². The highest BCUT2D eigenvalue weighted by atomic mass is 35.5. The second-order valence-electron chi connectivity index (χ2n) is 3.35. The lowest BCUT2D eigenvalue weighted by Gasteiger charge is -2.06. The molecule has 4 nitrogen and oxygen atoms in total. The monoisotopic (exact) mass is 288 g/mol. The fourth-order valence-electron chi connectivity index (χ4n) is 1.23. The van der Waals surface area contributed by atoms with Crippen LogP contribution < -0.4 is 4.72 Å². The number of hydrogen-bond acceptors (Lipinski definition) is 4. The van der Waals surface area contributed by atoms with Crippen molar-refractivity contribution >= 4 is 38.1 Å². The molecular weight excluding hydrogens is 280 g/mol. The fourth-order valence-corrected chi connectivity index (χ4v) is 3.22. The van der Waals surface area contributed by atoms with Crippen LogP contribution in [0, 0.1) is 6.92 Å². The third-order valence-electron chi connectivity index (χ3n) is 2.09. The number of aromatic nitrogens is 1. The summed E-state index contributed by atoms with van der Waals surface area (Å²) in [6.45, 7) is 1.75. The smallest absolute Gasteiger partial charge is 0.255 e. The van der Waals surface area contributed by atoms with Gasteiger partial charge in [0.1, 0.15) is 0 Å². The third-order valence-corrected chi connectivity index (χ3v) is 4.67. The van der Waals surface area contributed by atoms with Gasteiger partial charge in [-0.15, -0.1) is 11.3 Å². The maximum absolute atomic E-state index is 12.0. The highest BCUT2D eigenvalue weighted by Gasteiger charge is 2.15. The third kappa shape index (κ3) is 2.77. The molecule has 2 aromatic rings. The van der Waals surface area contributed by atoms with Crippen molar-refractivity contribution in [1.29, 1.82) is 0 Å².